The molecule has 8 nitrogen and oxygen atoms in total. The molecule has 1 aliphatic carbocycles. The van der Waals surface area contributed by atoms with Crippen molar-refractivity contribution in [1.82, 2.24) is 10.6 Å². The molecular weight excluding hydrogens is 364 g/mol. The summed E-state index contributed by atoms with van der Waals surface area (Å²) in [4.78, 5) is 48.1. The Morgan fingerprint density at radius 3 is 2.21 bits per heavy atom. The third-order valence-electron chi connectivity index (χ3n) is 4.94. The van der Waals surface area contributed by atoms with Crippen LogP contribution in [0.15, 0.2) is 0 Å². The van der Waals surface area contributed by atoms with E-state index in [1.807, 2.05) is 0 Å². The average molecular weight is 399 g/mol. The molecule has 0 heterocycles. The van der Waals surface area contributed by atoms with E-state index in [1.165, 1.54) is 0 Å². The molecule has 0 aromatic heterocycles. The molecule has 1 rings (SSSR count). The molecule has 0 aromatic rings. The van der Waals surface area contributed by atoms with Gasteiger partial charge in [-0.05, 0) is 53.4 Å². The molecule has 0 unspecified atom stereocenters. The summed E-state index contributed by atoms with van der Waals surface area (Å²) in [7, 11) is 0. The molecule has 1 saturated carbocycles. The third-order valence-corrected chi connectivity index (χ3v) is 4.94. The van der Waals surface area contributed by atoms with Crippen LogP contribution in [0, 0.1) is 11.3 Å². The predicted molar refractivity (Wildman–Crippen MR) is 104 cm³/mol. The zero-order valence-electron chi connectivity index (χ0n) is 17.4. The summed E-state index contributed by atoms with van der Waals surface area (Å²) in [5.74, 6) is -2.40. The summed E-state index contributed by atoms with van der Waals surface area (Å²) in [6.45, 7) is 7.93. The van der Waals surface area contributed by atoms with E-state index in [0.717, 1.165) is 6.42 Å². The maximum atomic E-state index is 12.7. The molecule has 3 N–H and O–H groups in total. The van der Waals surface area contributed by atoms with Gasteiger partial charge in [0.05, 0.1) is 5.92 Å². The Bertz CT molecular complexity index is 578. The molecule has 0 radical (unpaired) electrons. The Hall–Kier alpha value is -2.12. The maximum Gasteiger partial charge on any atom is 0.407 e. The highest BCUT2D eigenvalue weighted by Crippen LogP contribution is 2.43. The molecule has 0 bridgehead atoms. The van der Waals surface area contributed by atoms with E-state index in [9.17, 15) is 24.3 Å². The zero-order valence-corrected chi connectivity index (χ0v) is 17.4. The minimum atomic E-state index is -1.04. The van der Waals surface area contributed by atoms with Crippen LogP contribution in [0.2, 0.25) is 0 Å². The van der Waals surface area contributed by atoms with E-state index >= 15 is 0 Å². The van der Waals surface area contributed by atoms with Crippen molar-refractivity contribution in [3.8, 4) is 0 Å². The van der Waals surface area contributed by atoms with Crippen LogP contribution < -0.4 is 10.6 Å². The smallest absolute Gasteiger partial charge is 0.407 e. The predicted octanol–water partition coefficient (Wildman–Crippen LogP) is 2.65. The number of carbonyl (C=O) groups is 4. The van der Waals surface area contributed by atoms with Crippen molar-refractivity contribution in [2.24, 2.45) is 11.3 Å². The van der Waals surface area contributed by atoms with Crippen LogP contribution in [0.1, 0.15) is 72.6 Å². The SMILES string of the molecule is CCNC(=O)C1(C(=O)C[C@@H](CCCCNC(=O)OC(C)(C)C)C(=O)O)CCC1. The Kier molecular flexibility index (Phi) is 8.91. The van der Waals surface area contributed by atoms with Crippen LogP contribution >= 0.6 is 0 Å². The first kappa shape index (κ1) is 23.9. The number of carboxylic acid groups (broad SMARTS) is 1. The zero-order chi connectivity index (χ0) is 21.4. The monoisotopic (exact) mass is 398 g/mol. The summed E-state index contributed by atoms with van der Waals surface area (Å²) in [6.07, 6.45) is 2.60. The van der Waals surface area contributed by atoms with Gasteiger partial charge in [-0.25, -0.2) is 4.79 Å². The van der Waals surface area contributed by atoms with Crippen LogP contribution in [-0.4, -0.2) is 47.6 Å². The number of Topliss-reactive ketones (excluding diaryl/α,β-unsaturated/α-hetero) is 1. The number of hydrogen-bond donors (Lipinski definition) is 3. The molecule has 160 valence electrons. The lowest BCUT2D eigenvalue weighted by Crippen LogP contribution is -2.51. The molecule has 0 aromatic carbocycles. The van der Waals surface area contributed by atoms with Gasteiger partial charge in [-0.3, -0.25) is 14.4 Å². The van der Waals surface area contributed by atoms with E-state index in [1.54, 1.807) is 27.7 Å². The third kappa shape index (κ3) is 7.13. The average Bonchev–Trinajstić information content (AvgIpc) is 2.50. The van der Waals surface area contributed by atoms with Gasteiger partial charge < -0.3 is 20.5 Å². The Morgan fingerprint density at radius 1 is 1.11 bits per heavy atom. The van der Waals surface area contributed by atoms with Gasteiger partial charge in [0.25, 0.3) is 0 Å². The fourth-order valence-corrected chi connectivity index (χ4v) is 3.24. The molecule has 1 fully saturated rings. The number of alkyl carbamates (subject to hydrolysis) is 1. The molecule has 0 saturated heterocycles. The van der Waals surface area contributed by atoms with E-state index in [0.29, 0.717) is 45.2 Å². The summed E-state index contributed by atoms with van der Waals surface area (Å²) >= 11 is 0. The minimum absolute atomic E-state index is 0.133. The molecule has 8 heteroatoms. The van der Waals surface area contributed by atoms with Crippen molar-refractivity contribution in [3.05, 3.63) is 0 Å². The number of carbonyl (C=O) groups excluding carboxylic acids is 3. The maximum absolute atomic E-state index is 12.7. The van der Waals surface area contributed by atoms with Gasteiger partial charge in [-0.2, -0.15) is 0 Å². The van der Waals surface area contributed by atoms with Crippen LogP contribution in [0.3, 0.4) is 0 Å². The van der Waals surface area contributed by atoms with Crippen molar-refractivity contribution in [2.75, 3.05) is 13.1 Å². The van der Waals surface area contributed by atoms with Gasteiger partial charge in [-0.1, -0.05) is 12.8 Å². The fraction of sp³-hybridized carbons (Fsp3) is 0.800. The number of carboxylic acids is 1. The number of rotatable bonds is 11. The first-order valence-corrected chi connectivity index (χ1v) is 10.0. The number of unbranched alkanes of at least 4 members (excludes halogenated alkanes) is 1. The van der Waals surface area contributed by atoms with Gasteiger partial charge in [0.1, 0.15) is 16.8 Å². The molecular formula is C20H34N2O6. The second-order valence-electron chi connectivity index (χ2n) is 8.38. The second kappa shape index (κ2) is 10.4. The van der Waals surface area contributed by atoms with Crippen molar-refractivity contribution in [3.63, 3.8) is 0 Å². The minimum Gasteiger partial charge on any atom is -0.481 e. The number of hydrogen-bond acceptors (Lipinski definition) is 5. The molecule has 0 spiro atoms. The topological polar surface area (TPSA) is 122 Å². The number of amides is 2. The molecule has 1 aliphatic rings. The fourth-order valence-electron chi connectivity index (χ4n) is 3.24. The van der Waals surface area contributed by atoms with Gasteiger partial charge in [0, 0.05) is 19.5 Å². The molecule has 28 heavy (non-hydrogen) atoms. The van der Waals surface area contributed by atoms with Crippen LogP contribution in [0.5, 0.6) is 0 Å². The highest BCUT2D eigenvalue weighted by atomic mass is 16.6. The van der Waals surface area contributed by atoms with Crippen LogP contribution in [0.4, 0.5) is 4.79 Å². The lowest BCUT2D eigenvalue weighted by atomic mass is 9.63. The van der Waals surface area contributed by atoms with Gasteiger partial charge in [-0.15, -0.1) is 0 Å². The van der Waals surface area contributed by atoms with Gasteiger partial charge >= 0.3 is 12.1 Å². The quantitative estimate of drug-likeness (QED) is 0.363. The van der Waals surface area contributed by atoms with E-state index in [2.05, 4.69) is 10.6 Å². The standard InChI is InChI=1S/C20H34N2O6/c1-5-21-17(26)20(10-8-11-20)15(23)13-14(16(24)25)9-6-7-12-22-18(27)28-19(2,3)4/h14H,5-13H2,1-4H3,(H,21,26)(H,22,27)(H,24,25)/t14-/m1/s1. The normalized spacial score (nSPS) is 16.4. The van der Waals surface area contributed by atoms with Crippen molar-refractivity contribution in [1.29, 1.82) is 0 Å². The lowest BCUT2D eigenvalue weighted by Gasteiger charge is -2.39. The first-order valence-electron chi connectivity index (χ1n) is 10.0. The second-order valence-corrected chi connectivity index (χ2v) is 8.38. The van der Waals surface area contributed by atoms with E-state index in [4.69, 9.17) is 4.74 Å². The molecule has 2 amide bonds. The van der Waals surface area contributed by atoms with Crippen molar-refractivity contribution >= 4 is 23.8 Å². The molecule has 1 atom stereocenters. The summed E-state index contributed by atoms with van der Waals surface area (Å²) in [6, 6.07) is 0. The summed E-state index contributed by atoms with van der Waals surface area (Å²) in [5.41, 5.74) is -1.61. The van der Waals surface area contributed by atoms with E-state index in [-0.39, 0.29) is 18.1 Å². The summed E-state index contributed by atoms with van der Waals surface area (Å²) < 4.78 is 5.13. The van der Waals surface area contributed by atoms with Crippen LogP contribution in [0.25, 0.3) is 0 Å². The highest BCUT2D eigenvalue weighted by molar-refractivity contribution is 6.07. The Morgan fingerprint density at radius 2 is 1.75 bits per heavy atom. The number of ketones is 1. The lowest BCUT2D eigenvalue weighted by molar-refractivity contribution is -0.152. The first-order chi connectivity index (χ1) is 13.0. The van der Waals surface area contributed by atoms with Crippen LogP contribution in [-0.2, 0) is 19.1 Å². The molecule has 0 aliphatic heterocycles. The van der Waals surface area contributed by atoms with Gasteiger partial charge in [0.2, 0.25) is 5.91 Å². The number of aliphatic carboxylic acids is 1. The van der Waals surface area contributed by atoms with Crippen molar-refractivity contribution in [2.45, 2.75) is 78.2 Å². The van der Waals surface area contributed by atoms with Crippen molar-refractivity contribution < 1.29 is 29.0 Å². The van der Waals surface area contributed by atoms with E-state index < -0.39 is 29.0 Å². The number of nitrogens with one attached hydrogen (secondary N) is 2. The Labute approximate surface area is 166 Å². The summed E-state index contributed by atoms with van der Waals surface area (Å²) in [5, 5.41) is 14.8. The Balaban J connectivity index is 2.45. The highest BCUT2D eigenvalue weighted by Gasteiger charge is 2.50. The number of ether oxygens (including phenoxy) is 1. The van der Waals surface area contributed by atoms with Gasteiger partial charge in [0.15, 0.2) is 0 Å². The largest absolute Gasteiger partial charge is 0.481 e.